The first kappa shape index (κ1) is 16.4. The molecule has 22 heavy (non-hydrogen) atoms. The summed E-state index contributed by atoms with van der Waals surface area (Å²) in [5.74, 6) is 2.01. The van der Waals surface area contributed by atoms with Gasteiger partial charge in [0.2, 0.25) is 0 Å². The molecule has 0 saturated carbocycles. The van der Waals surface area contributed by atoms with Crippen LogP contribution in [0.1, 0.15) is 42.5 Å². The minimum atomic E-state index is -0.0284. The van der Waals surface area contributed by atoms with Gasteiger partial charge in [-0.3, -0.25) is 0 Å². The van der Waals surface area contributed by atoms with Crippen molar-refractivity contribution >= 4 is 0 Å². The maximum Gasteiger partial charge on any atom is 0.160 e. The molecule has 3 heteroatoms. The van der Waals surface area contributed by atoms with E-state index in [2.05, 4.69) is 38.1 Å². The van der Waals surface area contributed by atoms with E-state index >= 15 is 0 Å². The van der Waals surface area contributed by atoms with Crippen molar-refractivity contribution in [3.05, 3.63) is 59.2 Å². The van der Waals surface area contributed by atoms with Gasteiger partial charge in [-0.1, -0.05) is 44.2 Å². The van der Waals surface area contributed by atoms with Crippen molar-refractivity contribution in [3.63, 3.8) is 0 Å². The lowest BCUT2D eigenvalue weighted by atomic mass is 9.96. The Morgan fingerprint density at radius 2 is 1.45 bits per heavy atom. The van der Waals surface area contributed by atoms with Crippen molar-refractivity contribution in [2.75, 3.05) is 14.2 Å². The van der Waals surface area contributed by atoms with Crippen LogP contribution >= 0.6 is 0 Å². The van der Waals surface area contributed by atoms with E-state index in [9.17, 15) is 0 Å². The van der Waals surface area contributed by atoms with Gasteiger partial charge in [0.1, 0.15) is 0 Å². The molecule has 0 radical (unpaired) electrons. The summed E-state index contributed by atoms with van der Waals surface area (Å²) in [5.41, 5.74) is 9.97. The molecule has 2 rings (SSSR count). The third-order valence-corrected chi connectivity index (χ3v) is 3.93. The molecule has 2 aromatic carbocycles. The van der Waals surface area contributed by atoms with Gasteiger partial charge < -0.3 is 15.2 Å². The fraction of sp³-hybridized carbons (Fsp3) is 0.368. The number of hydrogen-bond acceptors (Lipinski definition) is 3. The quantitative estimate of drug-likeness (QED) is 0.874. The molecule has 0 bridgehead atoms. The van der Waals surface area contributed by atoms with Crippen LogP contribution < -0.4 is 15.2 Å². The first-order valence-corrected chi connectivity index (χ1v) is 7.61. The Labute approximate surface area is 133 Å². The van der Waals surface area contributed by atoms with Crippen LogP contribution in [0, 0.1) is 0 Å². The standard InChI is InChI=1S/C19H25NO2/c1-13(2)15-6-8-16(9-7-15)17(20)11-14-5-10-18(21-3)19(12-14)22-4/h5-10,12-13,17H,11,20H2,1-4H3. The number of benzene rings is 2. The van der Waals surface area contributed by atoms with E-state index in [0.717, 1.165) is 29.0 Å². The number of methoxy groups -OCH3 is 2. The van der Waals surface area contributed by atoms with Gasteiger partial charge >= 0.3 is 0 Å². The molecule has 0 spiro atoms. The van der Waals surface area contributed by atoms with Crippen molar-refractivity contribution in [2.24, 2.45) is 5.73 Å². The van der Waals surface area contributed by atoms with E-state index in [4.69, 9.17) is 15.2 Å². The monoisotopic (exact) mass is 299 g/mol. The third kappa shape index (κ3) is 3.80. The van der Waals surface area contributed by atoms with Crippen LogP contribution in [-0.4, -0.2) is 14.2 Å². The van der Waals surface area contributed by atoms with Crippen molar-refractivity contribution in [2.45, 2.75) is 32.2 Å². The fourth-order valence-electron chi connectivity index (χ4n) is 2.51. The molecule has 118 valence electrons. The molecule has 0 aliphatic rings. The molecule has 1 atom stereocenters. The van der Waals surface area contributed by atoms with Gasteiger partial charge in [0.25, 0.3) is 0 Å². The summed E-state index contributed by atoms with van der Waals surface area (Å²) >= 11 is 0. The maximum absolute atomic E-state index is 6.34. The van der Waals surface area contributed by atoms with E-state index in [1.807, 2.05) is 18.2 Å². The first-order chi connectivity index (χ1) is 10.5. The summed E-state index contributed by atoms with van der Waals surface area (Å²) in [6.07, 6.45) is 0.765. The minimum absolute atomic E-state index is 0.0284. The number of nitrogens with two attached hydrogens (primary N) is 1. The summed E-state index contributed by atoms with van der Waals surface area (Å²) in [6.45, 7) is 4.39. The maximum atomic E-state index is 6.34. The van der Waals surface area contributed by atoms with Gasteiger partial charge in [-0.05, 0) is 41.2 Å². The molecule has 2 N–H and O–H groups in total. The van der Waals surface area contributed by atoms with Crippen molar-refractivity contribution in [3.8, 4) is 11.5 Å². The lowest BCUT2D eigenvalue weighted by Crippen LogP contribution is -2.13. The summed E-state index contributed by atoms with van der Waals surface area (Å²) in [5, 5.41) is 0. The Hall–Kier alpha value is -2.00. The van der Waals surface area contributed by atoms with Gasteiger partial charge in [0, 0.05) is 6.04 Å². The molecule has 0 fully saturated rings. The Kier molecular flexibility index (Phi) is 5.45. The molecule has 1 unspecified atom stereocenters. The first-order valence-electron chi connectivity index (χ1n) is 7.61. The van der Waals surface area contributed by atoms with Crippen LogP contribution in [0.2, 0.25) is 0 Å². The highest BCUT2D eigenvalue weighted by Gasteiger charge is 2.10. The predicted octanol–water partition coefficient (Wildman–Crippen LogP) is 4.07. The van der Waals surface area contributed by atoms with Crippen molar-refractivity contribution in [1.82, 2.24) is 0 Å². The minimum Gasteiger partial charge on any atom is -0.493 e. The highest BCUT2D eigenvalue weighted by Crippen LogP contribution is 2.29. The Balaban J connectivity index is 2.12. The van der Waals surface area contributed by atoms with Crippen molar-refractivity contribution in [1.29, 1.82) is 0 Å². The van der Waals surface area contributed by atoms with E-state index in [1.54, 1.807) is 14.2 Å². The second kappa shape index (κ2) is 7.32. The summed E-state index contributed by atoms with van der Waals surface area (Å²) in [6, 6.07) is 14.5. The summed E-state index contributed by atoms with van der Waals surface area (Å²) in [7, 11) is 3.28. The largest absolute Gasteiger partial charge is 0.493 e. The molecule has 0 aliphatic heterocycles. The fourth-order valence-corrected chi connectivity index (χ4v) is 2.51. The average molecular weight is 299 g/mol. The predicted molar refractivity (Wildman–Crippen MR) is 90.7 cm³/mol. The normalized spacial score (nSPS) is 12.3. The lowest BCUT2D eigenvalue weighted by molar-refractivity contribution is 0.354. The van der Waals surface area contributed by atoms with Crippen LogP contribution in [0.5, 0.6) is 11.5 Å². The van der Waals surface area contributed by atoms with Crippen LogP contribution in [0.15, 0.2) is 42.5 Å². The smallest absolute Gasteiger partial charge is 0.160 e. The van der Waals surface area contributed by atoms with E-state index in [-0.39, 0.29) is 6.04 Å². The summed E-state index contributed by atoms with van der Waals surface area (Å²) in [4.78, 5) is 0. The van der Waals surface area contributed by atoms with E-state index < -0.39 is 0 Å². The Morgan fingerprint density at radius 3 is 2.00 bits per heavy atom. The van der Waals surface area contributed by atoms with Crippen molar-refractivity contribution < 1.29 is 9.47 Å². The number of hydrogen-bond donors (Lipinski definition) is 1. The Bertz CT molecular complexity index is 605. The molecule has 3 nitrogen and oxygen atoms in total. The van der Waals surface area contributed by atoms with Crippen LogP contribution in [0.3, 0.4) is 0 Å². The van der Waals surface area contributed by atoms with Gasteiger partial charge in [-0.15, -0.1) is 0 Å². The van der Waals surface area contributed by atoms with Gasteiger partial charge in [0.15, 0.2) is 11.5 Å². The van der Waals surface area contributed by atoms with Gasteiger partial charge in [-0.2, -0.15) is 0 Å². The SMILES string of the molecule is COc1ccc(CC(N)c2ccc(C(C)C)cc2)cc1OC. The average Bonchev–Trinajstić information content (AvgIpc) is 2.54. The topological polar surface area (TPSA) is 44.5 Å². The van der Waals surface area contributed by atoms with Gasteiger partial charge in [0.05, 0.1) is 14.2 Å². The van der Waals surface area contributed by atoms with E-state index in [1.165, 1.54) is 5.56 Å². The summed E-state index contributed by atoms with van der Waals surface area (Å²) < 4.78 is 10.6. The number of rotatable bonds is 6. The van der Waals surface area contributed by atoms with Crippen LogP contribution in [0.4, 0.5) is 0 Å². The number of ether oxygens (including phenoxy) is 2. The zero-order valence-electron chi connectivity index (χ0n) is 13.8. The molecule has 0 heterocycles. The molecular formula is C19H25NO2. The molecule has 0 saturated heterocycles. The van der Waals surface area contributed by atoms with Gasteiger partial charge in [-0.25, -0.2) is 0 Å². The highest BCUT2D eigenvalue weighted by atomic mass is 16.5. The zero-order chi connectivity index (χ0) is 16.1. The molecular weight excluding hydrogens is 274 g/mol. The second-order valence-electron chi connectivity index (χ2n) is 5.82. The lowest BCUT2D eigenvalue weighted by Gasteiger charge is -2.15. The van der Waals surface area contributed by atoms with E-state index in [0.29, 0.717) is 5.92 Å². The molecule has 0 aliphatic carbocycles. The molecule has 2 aromatic rings. The highest BCUT2D eigenvalue weighted by molar-refractivity contribution is 5.43. The molecule has 0 aromatic heterocycles. The van der Waals surface area contributed by atoms with Crippen LogP contribution in [-0.2, 0) is 6.42 Å². The Morgan fingerprint density at radius 1 is 0.864 bits per heavy atom. The second-order valence-corrected chi connectivity index (χ2v) is 5.82. The molecule has 0 amide bonds. The zero-order valence-corrected chi connectivity index (χ0v) is 13.8. The van der Waals surface area contributed by atoms with Crippen LogP contribution in [0.25, 0.3) is 0 Å². The third-order valence-electron chi connectivity index (χ3n) is 3.93.